The monoisotopic (exact) mass is 167 g/mol. The molecule has 1 aromatic rings. The number of rotatable bonds is 2. The van der Waals surface area contributed by atoms with Gasteiger partial charge in [0.2, 0.25) is 0 Å². The molecule has 0 amide bonds. The molecule has 0 aliphatic heterocycles. The highest BCUT2D eigenvalue weighted by Gasteiger charge is 2.03. The summed E-state index contributed by atoms with van der Waals surface area (Å²) in [6.45, 7) is 2.01. The lowest BCUT2D eigenvalue weighted by Crippen LogP contribution is -2.05. The first-order chi connectivity index (χ1) is 5.25. The zero-order valence-corrected chi connectivity index (χ0v) is 7.69. The van der Waals surface area contributed by atoms with Crippen molar-refractivity contribution < 1.29 is 0 Å². The molecule has 0 spiro atoms. The van der Waals surface area contributed by atoms with E-state index in [2.05, 4.69) is 18.4 Å². The second-order valence-electron chi connectivity index (χ2n) is 2.53. The molecule has 0 bridgehead atoms. The maximum absolute atomic E-state index is 5.78. The van der Waals surface area contributed by atoms with Gasteiger partial charge in [-0.25, -0.2) is 0 Å². The Hall–Kier alpha value is -0.470. The van der Waals surface area contributed by atoms with Gasteiger partial charge in [-0.15, -0.1) is 11.8 Å². The number of benzene rings is 1. The van der Waals surface area contributed by atoms with Gasteiger partial charge in [0.25, 0.3) is 0 Å². The molecule has 11 heavy (non-hydrogen) atoms. The van der Waals surface area contributed by atoms with Crippen LogP contribution in [0.2, 0.25) is 0 Å². The zero-order valence-electron chi connectivity index (χ0n) is 6.87. The maximum Gasteiger partial charge on any atom is 0.0277 e. The zero-order chi connectivity index (χ0) is 8.27. The van der Waals surface area contributed by atoms with Crippen molar-refractivity contribution in [2.75, 3.05) is 6.26 Å². The standard InChI is InChI=1S/C9H13NS/c1-7(10)8-5-3-4-6-9(8)11-2/h3-7H,10H2,1-2H3. The van der Waals surface area contributed by atoms with E-state index in [9.17, 15) is 0 Å². The Morgan fingerprint density at radius 2 is 2.00 bits per heavy atom. The van der Waals surface area contributed by atoms with Crippen LogP contribution in [0.5, 0.6) is 0 Å². The van der Waals surface area contributed by atoms with Crippen molar-refractivity contribution in [2.24, 2.45) is 5.73 Å². The van der Waals surface area contributed by atoms with Gasteiger partial charge in [0.15, 0.2) is 0 Å². The molecule has 0 saturated heterocycles. The fourth-order valence-electron chi connectivity index (χ4n) is 1.04. The van der Waals surface area contributed by atoms with Crippen molar-refractivity contribution in [3.8, 4) is 0 Å². The highest BCUT2D eigenvalue weighted by Crippen LogP contribution is 2.23. The van der Waals surface area contributed by atoms with Crippen LogP contribution < -0.4 is 5.73 Å². The van der Waals surface area contributed by atoms with E-state index in [4.69, 9.17) is 5.73 Å². The molecule has 60 valence electrons. The molecule has 0 aromatic heterocycles. The van der Waals surface area contributed by atoms with Crippen molar-refractivity contribution in [3.05, 3.63) is 29.8 Å². The molecule has 0 heterocycles. The third kappa shape index (κ3) is 1.98. The minimum Gasteiger partial charge on any atom is -0.324 e. The first-order valence-electron chi connectivity index (χ1n) is 3.64. The molecular formula is C9H13NS. The summed E-state index contributed by atoms with van der Waals surface area (Å²) in [7, 11) is 0. The lowest BCUT2D eigenvalue weighted by Gasteiger charge is -2.09. The summed E-state index contributed by atoms with van der Waals surface area (Å²) in [5, 5.41) is 0. The first kappa shape index (κ1) is 8.62. The Morgan fingerprint density at radius 3 is 2.45 bits per heavy atom. The van der Waals surface area contributed by atoms with Crippen LogP contribution in [0.3, 0.4) is 0 Å². The number of thioether (sulfide) groups is 1. The van der Waals surface area contributed by atoms with Gasteiger partial charge in [-0.2, -0.15) is 0 Å². The summed E-state index contributed by atoms with van der Waals surface area (Å²) in [4.78, 5) is 1.28. The number of hydrogen-bond acceptors (Lipinski definition) is 2. The van der Waals surface area contributed by atoms with Gasteiger partial charge < -0.3 is 5.73 Å². The third-order valence-corrected chi connectivity index (χ3v) is 2.44. The summed E-state index contributed by atoms with van der Waals surface area (Å²) in [6.07, 6.45) is 2.07. The second kappa shape index (κ2) is 3.79. The molecule has 1 rings (SSSR count). The van der Waals surface area contributed by atoms with Gasteiger partial charge in [0.05, 0.1) is 0 Å². The quantitative estimate of drug-likeness (QED) is 0.685. The molecule has 0 fully saturated rings. The Bertz CT molecular complexity index is 233. The van der Waals surface area contributed by atoms with Crippen molar-refractivity contribution in [1.82, 2.24) is 0 Å². The van der Waals surface area contributed by atoms with Crippen LogP contribution in [-0.4, -0.2) is 6.26 Å². The molecule has 0 radical (unpaired) electrons. The second-order valence-corrected chi connectivity index (χ2v) is 3.38. The minimum absolute atomic E-state index is 0.138. The normalized spacial score (nSPS) is 13.0. The van der Waals surface area contributed by atoms with Gasteiger partial charge >= 0.3 is 0 Å². The summed E-state index contributed by atoms with van der Waals surface area (Å²) in [5.41, 5.74) is 7.01. The summed E-state index contributed by atoms with van der Waals surface area (Å²) in [5.74, 6) is 0. The predicted molar refractivity (Wildman–Crippen MR) is 50.8 cm³/mol. The van der Waals surface area contributed by atoms with Crippen LogP contribution >= 0.6 is 11.8 Å². The van der Waals surface area contributed by atoms with E-state index in [0.717, 1.165) is 0 Å². The number of hydrogen-bond donors (Lipinski definition) is 1. The smallest absolute Gasteiger partial charge is 0.0277 e. The van der Waals surface area contributed by atoms with Crippen molar-refractivity contribution in [2.45, 2.75) is 17.9 Å². The van der Waals surface area contributed by atoms with Crippen molar-refractivity contribution in [1.29, 1.82) is 0 Å². The average Bonchev–Trinajstić information content (AvgIpc) is 2.04. The average molecular weight is 167 g/mol. The molecule has 0 saturated carbocycles. The first-order valence-corrected chi connectivity index (χ1v) is 4.86. The van der Waals surface area contributed by atoms with Crippen LogP contribution in [0.4, 0.5) is 0 Å². The third-order valence-electron chi connectivity index (χ3n) is 1.63. The van der Waals surface area contributed by atoms with E-state index in [0.29, 0.717) is 0 Å². The predicted octanol–water partition coefficient (Wildman–Crippen LogP) is 2.43. The van der Waals surface area contributed by atoms with E-state index in [-0.39, 0.29) is 6.04 Å². The molecule has 0 aliphatic rings. The Labute approximate surface area is 72.0 Å². The van der Waals surface area contributed by atoms with E-state index < -0.39 is 0 Å². The SMILES string of the molecule is CSc1ccccc1C(C)N. The summed E-state index contributed by atoms with van der Waals surface area (Å²) >= 11 is 1.74. The summed E-state index contributed by atoms with van der Waals surface area (Å²) in [6, 6.07) is 8.38. The number of nitrogens with two attached hydrogens (primary N) is 1. The lowest BCUT2D eigenvalue weighted by atomic mass is 10.1. The Kier molecular flexibility index (Phi) is 2.97. The Balaban J connectivity index is 3.02. The highest BCUT2D eigenvalue weighted by molar-refractivity contribution is 7.98. The Morgan fingerprint density at radius 1 is 1.36 bits per heavy atom. The van der Waals surface area contributed by atoms with E-state index >= 15 is 0 Å². The molecule has 1 atom stereocenters. The van der Waals surface area contributed by atoms with Gasteiger partial charge in [0.1, 0.15) is 0 Å². The molecule has 1 aromatic carbocycles. The highest BCUT2D eigenvalue weighted by atomic mass is 32.2. The molecule has 2 heteroatoms. The van der Waals surface area contributed by atoms with Crippen LogP contribution in [0.1, 0.15) is 18.5 Å². The van der Waals surface area contributed by atoms with Gasteiger partial charge in [-0.3, -0.25) is 0 Å². The van der Waals surface area contributed by atoms with Crippen molar-refractivity contribution >= 4 is 11.8 Å². The van der Waals surface area contributed by atoms with Gasteiger partial charge in [-0.05, 0) is 24.8 Å². The minimum atomic E-state index is 0.138. The molecular weight excluding hydrogens is 154 g/mol. The molecule has 0 aliphatic carbocycles. The van der Waals surface area contributed by atoms with Crippen LogP contribution in [-0.2, 0) is 0 Å². The van der Waals surface area contributed by atoms with E-state index in [1.807, 2.05) is 19.1 Å². The summed E-state index contributed by atoms with van der Waals surface area (Å²) < 4.78 is 0. The molecule has 2 N–H and O–H groups in total. The van der Waals surface area contributed by atoms with Gasteiger partial charge in [0, 0.05) is 10.9 Å². The van der Waals surface area contributed by atoms with E-state index in [1.165, 1.54) is 10.5 Å². The lowest BCUT2D eigenvalue weighted by molar-refractivity contribution is 0.798. The topological polar surface area (TPSA) is 26.0 Å². The fourth-order valence-corrected chi connectivity index (χ4v) is 1.75. The van der Waals surface area contributed by atoms with Crippen LogP contribution in [0.25, 0.3) is 0 Å². The molecule has 1 unspecified atom stereocenters. The fraction of sp³-hybridized carbons (Fsp3) is 0.333. The van der Waals surface area contributed by atoms with Gasteiger partial charge in [-0.1, -0.05) is 18.2 Å². The van der Waals surface area contributed by atoms with E-state index in [1.54, 1.807) is 11.8 Å². The van der Waals surface area contributed by atoms with Crippen LogP contribution in [0.15, 0.2) is 29.2 Å². The maximum atomic E-state index is 5.78. The van der Waals surface area contributed by atoms with Crippen LogP contribution in [0, 0.1) is 0 Å². The molecule has 1 nitrogen and oxygen atoms in total. The van der Waals surface area contributed by atoms with Crippen molar-refractivity contribution in [3.63, 3.8) is 0 Å². The largest absolute Gasteiger partial charge is 0.324 e.